The quantitative estimate of drug-likeness (QED) is 0.286. The Bertz CT molecular complexity index is 1300. The summed E-state index contributed by atoms with van der Waals surface area (Å²) in [5.74, 6) is -0.0726. The van der Waals surface area contributed by atoms with Gasteiger partial charge in [0.25, 0.3) is 5.91 Å². The molecule has 2 amide bonds. The summed E-state index contributed by atoms with van der Waals surface area (Å²) in [5.41, 5.74) is 4.46. The van der Waals surface area contributed by atoms with E-state index >= 15 is 0 Å². The van der Waals surface area contributed by atoms with Gasteiger partial charge < -0.3 is 10.1 Å². The third-order valence-electron chi connectivity index (χ3n) is 7.85. The van der Waals surface area contributed by atoms with Gasteiger partial charge in [-0.15, -0.1) is 0 Å². The van der Waals surface area contributed by atoms with Gasteiger partial charge in [-0.2, -0.15) is 0 Å². The fourth-order valence-corrected chi connectivity index (χ4v) is 5.71. The van der Waals surface area contributed by atoms with Crippen molar-refractivity contribution in [1.29, 1.82) is 0 Å². The lowest BCUT2D eigenvalue weighted by Crippen LogP contribution is -2.58. The molecule has 0 atom stereocenters. The number of ether oxygens (including phenoxy) is 1. The topological polar surface area (TPSA) is 107 Å². The van der Waals surface area contributed by atoms with Crippen LogP contribution in [0, 0.1) is 6.92 Å². The van der Waals surface area contributed by atoms with Crippen molar-refractivity contribution in [3.63, 3.8) is 0 Å². The lowest BCUT2D eigenvalue weighted by atomic mass is 9.83. The number of benzene rings is 2. The number of nitrogens with zero attached hydrogens (tertiary/aromatic N) is 3. The second-order valence-corrected chi connectivity index (χ2v) is 10.8. The van der Waals surface area contributed by atoms with E-state index < -0.39 is 11.4 Å². The number of carbonyl (C=O) groups is 2. The maximum Gasteiger partial charge on any atom is 0.251 e. The number of aromatic nitrogens is 1. The fraction of sp³-hybridized carbons (Fsp3) is 0.433. The molecule has 0 spiro atoms. The highest BCUT2D eigenvalue weighted by atomic mass is 16.5. The normalized spacial score (nSPS) is 17.7. The lowest BCUT2D eigenvalue weighted by molar-refractivity contribution is -0.131. The van der Waals surface area contributed by atoms with Crippen LogP contribution in [0.15, 0.2) is 54.6 Å². The minimum absolute atomic E-state index is 0.0350. The molecule has 3 aromatic rings. The first-order valence-electron chi connectivity index (χ1n) is 13.7. The van der Waals surface area contributed by atoms with E-state index in [1.807, 2.05) is 37.3 Å². The summed E-state index contributed by atoms with van der Waals surface area (Å²) >= 11 is 0. The minimum Gasteiger partial charge on any atom is -0.489 e. The third-order valence-corrected chi connectivity index (χ3v) is 7.85. The molecule has 0 aliphatic carbocycles. The van der Waals surface area contributed by atoms with E-state index in [4.69, 9.17) is 9.94 Å². The predicted molar refractivity (Wildman–Crippen MR) is 148 cm³/mol. The van der Waals surface area contributed by atoms with Crippen LogP contribution in [0.25, 0.3) is 10.9 Å². The van der Waals surface area contributed by atoms with E-state index in [-0.39, 0.29) is 12.3 Å². The zero-order valence-electron chi connectivity index (χ0n) is 22.5. The Morgan fingerprint density at radius 3 is 2.41 bits per heavy atom. The highest BCUT2D eigenvalue weighted by Crippen LogP contribution is 2.28. The molecule has 39 heavy (non-hydrogen) atoms. The number of piperidine rings is 1. The van der Waals surface area contributed by atoms with E-state index in [1.54, 1.807) is 29.7 Å². The van der Waals surface area contributed by atoms with Crippen LogP contribution in [0.5, 0.6) is 5.75 Å². The molecule has 3 heterocycles. The summed E-state index contributed by atoms with van der Waals surface area (Å²) in [6.07, 6.45) is 3.80. The number of hydroxylamine groups is 1. The van der Waals surface area contributed by atoms with Crippen LogP contribution in [0.3, 0.4) is 0 Å². The summed E-state index contributed by atoms with van der Waals surface area (Å²) in [6, 6.07) is 17.1. The molecule has 0 unspecified atom stereocenters. The van der Waals surface area contributed by atoms with Crippen molar-refractivity contribution in [2.45, 2.75) is 51.2 Å². The standard InChI is InChI=1S/C30H37N5O4/c1-22-18-24(26-6-2-3-7-27(26)31-22)20-39-25-10-8-23(9-11-25)29(37)32-30(19-28(36)33-38)12-16-35(17-13-30)21-34-14-4-5-15-34/h2-3,6-11,18,38H,4-5,12-17,19-21H2,1H3,(H,32,37)(H,33,36). The van der Waals surface area contributed by atoms with E-state index in [1.165, 1.54) is 12.8 Å². The summed E-state index contributed by atoms with van der Waals surface area (Å²) in [4.78, 5) is 34.8. The van der Waals surface area contributed by atoms with Gasteiger partial charge in [-0.05, 0) is 82.1 Å². The monoisotopic (exact) mass is 531 g/mol. The maximum atomic E-state index is 13.2. The van der Waals surface area contributed by atoms with Gasteiger partial charge in [0.05, 0.1) is 24.1 Å². The number of hydrogen-bond donors (Lipinski definition) is 3. The van der Waals surface area contributed by atoms with Crippen molar-refractivity contribution in [3.05, 3.63) is 71.4 Å². The number of likely N-dealkylation sites (tertiary alicyclic amines) is 2. The molecule has 5 rings (SSSR count). The second-order valence-electron chi connectivity index (χ2n) is 10.8. The molecule has 2 aromatic carbocycles. The molecule has 9 heteroatoms. The molecule has 0 bridgehead atoms. The van der Waals surface area contributed by atoms with Crippen LogP contribution in [0.4, 0.5) is 0 Å². The molecule has 3 N–H and O–H groups in total. The van der Waals surface area contributed by atoms with Gasteiger partial charge in [-0.1, -0.05) is 18.2 Å². The van der Waals surface area contributed by atoms with Crippen LogP contribution in [-0.2, 0) is 11.4 Å². The van der Waals surface area contributed by atoms with Crippen LogP contribution < -0.4 is 15.5 Å². The molecule has 9 nitrogen and oxygen atoms in total. The average molecular weight is 532 g/mol. The summed E-state index contributed by atoms with van der Waals surface area (Å²) < 4.78 is 6.04. The van der Waals surface area contributed by atoms with Gasteiger partial charge in [0.1, 0.15) is 12.4 Å². The summed E-state index contributed by atoms with van der Waals surface area (Å²) in [5, 5.41) is 13.4. The number of para-hydroxylation sites is 1. The van der Waals surface area contributed by atoms with Crippen LogP contribution >= 0.6 is 0 Å². The minimum atomic E-state index is -0.708. The molecule has 1 aromatic heterocycles. The Morgan fingerprint density at radius 1 is 1.00 bits per heavy atom. The Hall–Kier alpha value is -3.53. The van der Waals surface area contributed by atoms with Crippen molar-refractivity contribution >= 4 is 22.7 Å². The van der Waals surface area contributed by atoms with Gasteiger partial charge in [0, 0.05) is 35.3 Å². The predicted octanol–water partition coefficient (Wildman–Crippen LogP) is 3.64. The smallest absolute Gasteiger partial charge is 0.251 e. The molecule has 0 radical (unpaired) electrons. The van der Waals surface area contributed by atoms with Crippen molar-refractivity contribution in [3.8, 4) is 5.75 Å². The number of hydrogen-bond acceptors (Lipinski definition) is 7. The van der Waals surface area contributed by atoms with Crippen LogP contribution in [-0.4, -0.2) is 70.2 Å². The Balaban J connectivity index is 1.21. The maximum absolute atomic E-state index is 13.2. The van der Waals surface area contributed by atoms with E-state index in [0.717, 1.165) is 55.0 Å². The number of fused-ring (bicyclic) bond motifs is 1. The third kappa shape index (κ3) is 6.73. The van der Waals surface area contributed by atoms with E-state index in [0.29, 0.717) is 30.8 Å². The highest BCUT2D eigenvalue weighted by molar-refractivity contribution is 5.95. The first-order valence-corrected chi connectivity index (χ1v) is 13.7. The molecule has 2 aliphatic rings. The first kappa shape index (κ1) is 27.1. The molecule has 2 saturated heterocycles. The summed E-state index contributed by atoms with van der Waals surface area (Å²) in [7, 11) is 0. The van der Waals surface area contributed by atoms with E-state index in [2.05, 4.69) is 20.1 Å². The molecule has 206 valence electrons. The van der Waals surface area contributed by atoms with Gasteiger partial charge in [0.2, 0.25) is 5.91 Å². The molecule has 2 fully saturated rings. The molecular formula is C30H37N5O4. The lowest BCUT2D eigenvalue weighted by Gasteiger charge is -2.43. The molecule has 0 saturated carbocycles. The number of amides is 2. The number of pyridine rings is 1. The van der Waals surface area contributed by atoms with Crippen LogP contribution in [0.1, 0.15) is 53.7 Å². The van der Waals surface area contributed by atoms with Gasteiger partial charge in [-0.3, -0.25) is 29.6 Å². The number of carbonyl (C=O) groups excluding carboxylic acids is 2. The molecular weight excluding hydrogens is 494 g/mol. The first-order chi connectivity index (χ1) is 18.9. The van der Waals surface area contributed by atoms with Crippen molar-refractivity contribution in [1.82, 2.24) is 25.6 Å². The SMILES string of the molecule is Cc1cc(COc2ccc(C(=O)NC3(CC(=O)NO)CCN(CN4CCCC4)CC3)cc2)c2ccccc2n1. The van der Waals surface area contributed by atoms with Crippen LogP contribution in [0.2, 0.25) is 0 Å². The Labute approximate surface area is 229 Å². The van der Waals surface area contributed by atoms with Gasteiger partial charge >= 0.3 is 0 Å². The average Bonchev–Trinajstić information content (AvgIpc) is 3.46. The van der Waals surface area contributed by atoms with Crippen molar-refractivity contribution < 1.29 is 19.5 Å². The number of aryl methyl sites for hydroxylation is 1. The second kappa shape index (κ2) is 12.1. The molecule has 2 aliphatic heterocycles. The van der Waals surface area contributed by atoms with Gasteiger partial charge in [-0.25, -0.2) is 5.48 Å². The van der Waals surface area contributed by atoms with Crippen molar-refractivity contribution in [2.24, 2.45) is 0 Å². The van der Waals surface area contributed by atoms with E-state index in [9.17, 15) is 9.59 Å². The largest absolute Gasteiger partial charge is 0.489 e. The Kier molecular flexibility index (Phi) is 8.40. The van der Waals surface area contributed by atoms with Crippen molar-refractivity contribution in [2.75, 3.05) is 32.8 Å². The van der Waals surface area contributed by atoms with Gasteiger partial charge in [0.15, 0.2) is 0 Å². The zero-order chi connectivity index (χ0) is 27.2. The summed E-state index contributed by atoms with van der Waals surface area (Å²) in [6.45, 7) is 7.11. The highest BCUT2D eigenvalue weighted by Gasteiger charge is 2.38. The zero-order valence-corrected chi connectivity index (χ0v) is 22.5. The number of nitrogens with one attached hydrogen (secondary N) is 2. The fourth-order valence-electron chi connectivity index (χ4n) is 5.71. The number of rotatable bonds is 9. The Morgan fingerprint density at radius 2 is 1.69 bits per heavy atom.